The Morgan fingerprint density at radius 3 is 2.20 bits per heavy atom. The van der Waals surface area contributed by atoms with Gasteiger partial charge in [-0.25, -0.2) is 0 Å². The number of nitrogens with zero attached hydrogens (tertiary/aromatic N) is 4. The summed E-state index contributed by atoms with van der Waals surface area (Å²) in [7, 11) is 0. The molecule has 2 aromatic carbocycles. The van der Waals surface area contributed by atoms with Crippen molar-refractivity contribution in [3.05, 3.63) is 70.3 Å². The molecule has 1 atom stereocenters. The lowest BCUT2D eigenvalue weighted by Gasteiger charge is -2.45. The normalized spacial score (nSPS) is 24.7. The van der Waals surface area contributed by atoms with Gasteiger partial charge in [-0.2, -0.15) is 0 Å². The quantitative estimate of drug-likeness (QED) is 0.415. The largest absolute Gasteiger partial charge is 0.379 e. The molecule has 1 aliphatic carbocycles. The Bertz CT molecular complexity index is 1270. The molecule has 0 saturated carbocycles. The second kappa shape index (κ2) is 15.0. The Balaban J connectivity index is 0.00000384. The predicted molar refractivity (Wildman–Crippen MR) is 183 cm³/mol. The molecule has 0 spiro atoms. The molecular formula is C35H49Cl2N5O2. The molecule has 2 aromatic rings. The highest BCUT2D eigenvalue weighted by molar-refractivity contribution is 6.30. The van der Waals surface area contributed by atoms with Gasteiger partial charge in [0.05, 0.1) is 13.2 Å². The van der Waals surface area contributed by atoms with E-state index in [-0.39, 0.29) is 18.3 Å². The number of halogens is 2. The Kier molecular flexibility index (Phi) is 11.3. The molecule has 240 valence electrons. The van der Waals surface area contributed by atoms with Crippen LogP contribution in [0.5, 0.6) is 0 Å². The van der Waals surface area contributed by atoms with Crippen molar-refractivity contribution in [2.45, 2.75) is 45.1 Å². The summed E-state index contributed by atoms with van der Waals surface area (Å²) in [5.41, 5.74) is 11.9. The topological polar surface area (TPSA) is 65.3 Å². The Hall–Kier alpha value is -2.13. The van der Waals surface area contributed by atoms with E-state index in [0.29, 0.717) is 11.0 Å². The fourth-order valence-corrected chi connectivity index (χ4v) is 7.92. The Labute approximate surface area is 274 Å². The minimum atomic E-state index is -0.377. The molecule has 0 radical (unpaired) electrons. The maximum Gasteiger partial charge on any atom is 0.248 e. The van der Waals surface area contributed by atoms with E-state index in [1.807, 2.05) is 36.4 Å². The number of amides is 1. The Morgan fingerprint density at radius 1 is 0.909 bits per heavy atom. The number of anilines is 1. The van der Waals surface area contributed by atoms with Crippen LogP contribution in [0.2, 0.25) is 5.02 Å². The van der Waals surface area contributed by atoms with E-state index < -0.39 is 0 Å². The number of likely N-dealkylation sites (tertiary alicyclic amines) is 1. The number of hydrogen-bond donors (Lipinski definition) is 1. The number of piperidine rings is 1. The van der Waals surface area contributed by atoms with Crippen molar-refractivity contribution in [2.24, 2.45) is 11.1 Å². The number of rotatable bonds is 8. The minimum absolute atomic E-state index is 0. The summed E-state index contributed by atoms with van der Waals surface area (Å²) < 4.78 is 5.59. The molecule has 2 N–H and O–H groups in total. The molecule has 3 heterocycles. The lowest BCUT2D eigenvalue weighted by atomic mass is 9.71. The number of carbonyl (C=O) groups excluding carboxylic acids is 1. The fourth-order valence-electron chi connectivity index (χ4n) is 7.80. The second-order valence-corrected chi connectivity index (χ2v) is 13.8. The lowest BCUT2D eigenvalue weighted by Crippen LogP contribution is -2.51. The van der Waals surface area contributed by atoms with Gasteiger partial charge in [-0.1, -0.05) is 36.2 Å². The van der Waals surface area contributed by atoms with Gasteiger partial charge in [0.15, 0.2) is 0 Å². The first-order chi connectivity index (χ1) is 20.8. The van der Waals surface area contributed by atoms with Gasteiger partial charge >= 0.3 is 0 Å². The number of nitrogens with two attached hydrogens (primary N) is 1. The zero-order chi connectivity index (χ0) is 29.8. The van der Waals surface area contributed by atoms with Crippen LogP contribution in [0, 0.1) is 5.41 Å². The van der Waals surface area contributed by atoms with Crippen LogP contribution in [0.25, 0.3) is 5.57 Å². The van der Waals surface area contributed by atoms with E-state index in [9.17, 15) is 4.79 Å². The lowest BCUT2D eigenvalue weighted by molar-refractivity contribution is -0.00305. The van der Waals surface area contributed by atoms with Crippen LogP contribution >= 0.6 is 24.0 Å². The summed E-state index contributed by atoms with van der Waals surface area (Å²) in [5.74, 6) is -0.377. The molecule has 1 amide bonds. The second-order valence-electron chi connectivity index (χ2n) is 13.4. The number of ether oxygens (including phenoxy) is 1. The summed E-state index contributed by atoms with van der Waals surface area (Å²) in [6, 6.07) is 16.9. The standard InChI is InChI=1S/C35H48ClN5O2.ClH/c1-35(26-39-14-11-32(12-15-39)41-20-22-43-23-21-41)13-10-33(27-2-6-30(36)7-3-27)29(24-35)25-38-16-18-40(19-17-38)31-8-4-28(5-9-31)34(37)42;/h2-9,32H,10-26H2,1H3,(H2,37,42);1H/t35-;/m1./s1. The summed E-state index contributed by atoms with van der Waals surface area (Å²) in [4.78, 5) is 22.0. The summed E-state index contributed by atoms with van der Waals surface area (Å²) in [6.07, 6.45) is 6.08. The van der Waals surface area contributed by atoms with E-state index in [0.717, 1.165) is 88.6 Å². The third-order valence-electron chi connectivity index (χ3n) is 10.3. The minimum Gasteiger partial charge on any atom is -0.379 e. The first-order valence-corrected chi connectivity index (χ1v) is 16.6. The van der Waals surface area contributed by atoms with Crippen molar-refractivity contribution in [2.75, 3.05) is 83.6 Å². The van der Waals surface area contributed by atoms with Crippen molar-refractivity contribution in [3.63, 3.8) is 0 Å². The van der Waals surface area contributed by atoms with Crippen molar-refractivity contribution in [1.29, 1.82) is 0 Å². The van der Waals surface area contributed by atoms with E-state index in [1.54, 1.807) is 5.57 Å². The van der Waals surface area contributed by atoms with Crippen molar-refractivity contribution in [3.8, 4) is 0 Å². The highest BCUT2D eigenvalue weighted by Crippen LogP contribution is 2.44. The van der Waals surface area contributed by atoms with E-state index in [1.165, 1.54) is 50.0 Å². The third-order valence-corrected chi connectivity index (χ3v) is 10.5. The smallest absolute Gasteiger partial charge is 0.248 e. The zero-order valence-corrected chi connectivity index (χ0v) is 27.8. The number of allylic oxidation sites excluding steroid dienone is 1. The number of hydrogen-bond acceptors (Lipinski definition) is 6. The summed E-state index contributed by atoms with van der Waals surface area (Å²) in [6.45, 7) is 15.2. The highest BCUT2D eigenvalue weighted by Gasteiger charge is 2.36. The van der Waals surface area contributed by atoms with Crippen LogP contribution in [-0.2, 0) is 4.74 Å². The average Bonchev–Trinajstić information content (AvgIpc) is 3.03. The summed E-state index contributed by atoms with van der Waals surface area (Å²) >= 11 is 6.28. The number of morpholine rings is 1. The molecule has 4 aliphatic rings. The molecule has 44 heavy (non-hydrogen) atoms. The van der Waals surface area contributed by atoms with E-state index in [2.05, 4.69) is 38.7 Å². The van der Waals surface area contributed by atoms with Crippen LogP contribution in [-0.4, -0.2) is 105 Å². The first-order valence-electron chi connectivity index (χ1n) is 16.2. The van der Waals surface area contributed by atoms with Crippen LogP contribution in [0.3, 0.4) is 0 Å². The van der Waals surface area contributed by atoms with Gasteiger partial charge in [-0.15, -0.1) is 12.4 Å². The molecule has 9 heteroatoms. The molecule has 3 fully saturated rings. The van der Waals surface area contributed by atoms with Crippen LogP contribution in [0.4, 0.5) is 5.69 Å². The molecular weight excluding hydrogens is 593 g/mol. The fraction of sp³-hybridized carbons (Fsp3) is 0.571. The van der Waals surface area contributed by atoms with Crippen LogP contribution < -0.4 is 10.6 Å². The maximum atomic E-state index is 11.5. The van der Waals surface area contributed by atoms with Crippen molar-refractivity contribution >= 4 is 41.2 Å². The third kappa shape index (κ3) is 8.17. The number of benzene rings is 2. The van der Waals surface area contributed by atoms with Gasteiger partial charge < -0.3 is 20.3 Å². The Morgan fingerprint density at radius 2 is 1.57 bits per heavy atom. The van der Waals surface area contributed by atoms with Crippen LogP contribution in [0.1, 0.15) is 54.9 Å². The molecule has 3 saturated heterocycles. The molecule has 6 rings (SSSR count). The van der Waals surface area contributed by atoms with Gasteiger partial charge in [-0.3, -0.25) is 14.6 Å². The van der Waals surface area contributed by atoms with E-state index >= 15 is 0 Å². The molecule has 0 bridgehead atoms. The maximum absolute atomic E-state index is 11.5. The molecule has 0 aromatic heterocycles. The molecule has 3 aliphatic heterocycles. The zero-order valence-electron chi connectivity index (χ0n) is 26.2. The summed E-state index contributed by atoms with van der Waals surface area (Å²) in [5, 5.41) is 0.798. The van der Waals surface area contributed by atoms with Gasteiger partial charge in [0.1, 0.15) is 0 Å². The van der Waals surface area contributed by atoms with E-state index in [4.69, 9.17) is 22.1 Å². The molecule has 7 nitrogen and oxygen atoms in total. The van der Waals surface area contributed by atoms with Gasteiger partial charge in [0, 0.05) is 74.7 Å². The average molecular weight is 643 g/mol. The van der Waals surface area contributed by atoms with Gasteiger partial charge in [0.2, 0.25) is 5.91 Å². The number of piperazine rings is 1. The van der Waals surface area contributed by atoms with Crippen molar-refractivity contribution in [1.82, 2.24) is 14.7 Å². The monoisotopic (exact) mass is 641 g/mol. The van der Waals surface area contributed by atoms with Gasteiger partial charge in [-0.05, 0) is 98.1 Å². The van der Waals surface area contributed by atoms with Crippen molar-refractivity contribution < 1.29 is 9.53 Å². The SMILES string of the molecule is C[C@@]1(CN2CCC(N3CCOCC3)CC2)CCC(c2ccc(Cl)cc2)=C(CN2CCN(c3ccc(C(N)=O)cc3)CC2)C1.Cl. The van der Waals surface area contributed by atoms with Gasteiger partial charge in [0.25, 0.3) is 0 Å². The highest BCUT2D eigenvalue weighted by atomic mass is 35.5. The van der Waals surface area contributed by atoms with Crippen LogP contribution in [0.15, 0.2) is 54.1 Å². The first kappa shape index (κ1) is 33.2. The number of carbonyl (C=O) groups is 1. The predicted octanol–water partition coefficient (Wildman–Crippen LogP) is 5.42. The number of primary amides is 1. The molecule has 0 unspecified atom stereocenters.